The van der Waals surface area contributed by atoms with E-state index in [1.807, 2.05) is 20.8 Å². The number of carbonyl (C=O) groups excluding carboxylic acids is 3. The van der Waals surface area contributed by atoms with Crippen LogP contribution in [0.1, 0.15) is 86.5 Å². The first-order chi connectivity index (χ1) is 22.2. The number of hydrogen-bond donors (Lipinski definition) is 6. The Morgan fingerprint density at radius 1 is 0.833 bits per heavy atom. The van der Waals surface area contributed by atoms with Gasteiger partial charge in [-0.25, -0.2) is 22.3 Å². The smallest absolute Gasteiger partial charge is 0.280 e. The third-order valence-corrected chi connectivity index (χ3v) is 9.91. The van der Waals surface area contributed by atoms with Gasteiger partial charge in [-0.15, -0.1) is 0 Å². The first-order valence-corrected chi connectivity index (χ1v) is 18.4. The lowest BCUT2D eigenvalue weighted by atomic mass is 9.99. The second kappa shape index (κ2) is 20.6. The maximum Gasteiger partial charge on any atom is 0.280 e. The fraction of sp³-hybridized carbons (Fsp3) is 0.903. The fourth-order valence-electron chi connectivity index (χ4n) is 5.11. The van der Waals surface area contributed by atoms with Crippen LogP contribution in [0.25, 0.3) is 0 Å². The molecule has 0 radical (unpaired) electrons. The molecule has 0 aromatic heterocycles. The Balaban J connectivity index is 0.000000362. The molecule has 3 unspecified atom stereocenters. The lowest BCUT2D eigenvalue weighted by Gasteiger charge is -2.33. The predicted octanol–water partition coefficient (Wildman–Crippen LogP) is 2.37. The number of unbranched alkanes of at least 4 members (excludes halogenated alkanes) is 1. The van der Waals surface area contributed by atoms with Crippen LogP contribution in [-0.4, -0.2) is 107 Å². The summed E-state index contributed by atoms with van der Waals surface area (Å²) in [6.45, 7) is 12.2. The summed E-state index contributed by atoms with van der Waals surface area (Å²) in [4.78, 5) is 34.5. The Morgan fingerprint density at radius 2 is 1.40 bits per heavy atom. The number of nitrogens with one attached hydrogen (secondary N) is 6. The molecule has 17 heteroatoms. The summed E-state index contributed by atoms with van der Waals surface area (Å²) in [5, 5.41) is 13.3. The van der Waals surface area contributed by atoms with Gasteiger partial charge in [-0.2, -0.15) is 12.7 Å². The number of amides is 3. The van der Waals surface area contributed by atoms with E-state index < -0.39 is 34.1 Å². The second-order valence-corrected chi connectivity index (χ2v) is 15.3. The summed E-state index contributed by atoms with van der Waals surface area (Å²) in [5.41, 5.74) is 0. The van der Waals surface area contributed by atoms with Gasteiger partial charge in [-0.1, -0.05) is 54.4 Å². The van der Waals surface area contributed by atoms with E-state index >= 15 is 0 Å². The molecular weight excluding hydrogens is 658 g/mol. The molecule has 0 spiro atoms. The Labute approximate surface area is 284 Å². The third kappa shape index (κ3) is 16.1. The summed E-state index contributed by atoms with van der Waals surface area (Å²) in [6, 6.07) is -1.37. The summed E-state index contributed by atoms with van der Waals surface area (Å²) in [5.74, 6) is -6.30. The highest BCUT2D eigenvalue weighted by Crippen LogP contribution is 2.24. The van der Waals surface area contributed by atoms with Crippen molar-refractivity contribution in [2.24, 2.45) is 17.8 Å². The molecule has 0 aromatic rings. The maximum atomic E-state index is 13.5. The largest absolute Gasteiger partial charge is 0.353 e. The van der Waals surface area contributed by atoms with Crippen molar-refractivity contribution in [1.82, 2.24) is 35.6 Å². The van der Waals surface area contributed by atoms with Gasteiger partial charge >= 0.3 is 0 Å². The Morgan fingerprint density at radius 3 is 1.88 bits per heavy atom. The van der Waals surface area contributed by atoms with Gasteiger partial charge in [0, 0.05) is 62.9 Å². The highest BCUT2D eigenvalue weighted by atomic mass is 32.2. The summed E-state index contributed by atoms with van der Waals surface area (Å²) in [6.07, 6.45) is 4.09. The maximum absolute atomic E-state index is 13.5. The summed E-state index contributed by atoms with van der Waals surface area (Å²) < 4.78 is 79.5. The van der Waals surface area contributed by atoms with Crippen molar-refractivity contribution in [3.05, 3.63) is 0 Å². The molecule has 3 saturated heterocycles. The van der Waals surface area contributed by atoms with Gasteiger partial charge in [0.1, 0.15) is 0 Å². The second-order valence-electron chi connectivity index (χ2n) is 13.4. The van der Waals surface area contributed by atoms with Crippen LogP contribution in [0.3, 0.4) is 0 Å². The average molecular weight is 718 g/mol. The molecule has 3 heterocycles. The topological polar surface area (TPSA) is 161 Å². The standard InChI is InChI=1S/C12H22F2N2O.C10H21N3O3S.C9H16F2N2O/c1-3-4-5-9(2)11(17)16-10-6-7-15-8-12(10,13)14;1-8(2)10(14)12-9-4-6-13(7-5-9)17(15,16)11-3;1-6(2)8(14)13-7-3-9(10,11)5-12-4-7/h9-10,15H,3-8H2,1-2H3,(H,16,17);8-9,11H,4-7H2,1-3H3,(H,12,14);6-7,12H,3-5H2,1-2H3,(H,13,14). The molecule has 0 bridgehead atoms. The molecule has 282 valence electrons. The predicted molar refractivity (Wildman–Crippen MR) is 178 cm³/mol. The monoisotopic (exact) mass is 717 g/mol. The zero-order valence-electron chi connectivity index (χ0n) is 29.6. The highest BCUT2D eigenvalue weighted by Gasteiger charge is 2.42. The minimum absolute atomic E-state index is 0.0277. The van der Waals surface area contributed by atoms with E-state index in [1.54, 1.807) is 20.8 Å². The van der Waals surface area contributed by atoms with Crippen molar-refractivity contribution >= 4 is 27.9 Å². The Kier molecular flexibility index (Phi) is 18.8. The quantitative estimate of drug-likeness (QED) is 0.179. The van der Waals surface area contributed by atoms with E-state index in [0.29, 0.717) is 45.4 Å². The van der Waals surface area contributed by atoms with Crippen LogP contribution in [0.15, 0.2) is 0 Å². The van der Waals surface area contributed by atoms with Crippen LogP contribution >= 0.6 is 0 Å². The first kappa shape index (κ1) is 43.9. The van der Waals surface area contributed by atoms with Crippen LogP contribution < -0.4 is 31.3 Å². The fourth-order valence-corrected chi connectivity index (χ4v) is 6.06. The average Bonchev–Trinajstić information content (AvgIpc) is 3.01. The van der Waals surface area contributed by atoms with Crippen molar-refractivity contribution in [2.45, 2.75) is 116 Å². The van der Waals surface area contributed by atoms with E-state index in [-0.39, 0.29) is 61.0 Å². The number of rotatable bonds is 11. The molecule has 0 aromatic carbocycles. The van der Waals surface area contributed by atoms with Crippen LogP contribution in [0.2, 0.25) is 0 Å². The van der Waals surface area contributed by atoms with E-state index in [2.05, 4.69) is 31.3 Å². The van der Waals surface area contributed by atoms with Gasteiger partial charge in [0.2, 0.25) is 17.7 Å². The minimum Gasteiger partial charge on any atom is -0.353 e. The van der Waals surface area contributed by atoms with Gasteiger partial charge in [0.15, 0.2) is 0 Å². The molecular formula is C31H59F4N7O5S. The molecule has 3 aliphatic heterocycles. The number of alkyl halides is 4. The molecule has 0 saturated carbocycles. The zero-order chi connectivity index (χ0) is 36.7. The summed E-state index contributed by atoms with van der Waals surface area (Å²) >= 11 is 0. The Bertz CT molecular complexity index is 1110. The van der Waals surface area contributed by atoms with E-state index in [4.69, 9.17) is 0 Å². The van der Waals surface area contributed by atoms with E-state index in [1.165, 1.54) is 11.4 Å². The lowest BCUT2D eigenvalue weighted by Crippen LogP contribution is -2.57. The molecule has 3 rings (SSSR count). The highest BCUT2D eigenvalue weighted by molar-refractivity contribution is 7.87. The van der Waals surface area contributed by atoms with Crippen molar-refractivity contribution in [1.29, 1.82) is 0 Å². The number of piperidine rings is 3. The molecule has 12 nitrogen and oxygen atoms in total. The molecule has 48 heavy (non-hydrogen) atoms. The first-order valence-electron chi connectivity index (χ1n) is 17.0. The number of carbonyl (C=O) groups is 3. The molecule has 3 amide bonds. The van der Waals surface area contributed by atoms with Gasteiger partial charge in [-0.3, -0.25) is 14.4 Å². The Hall–Kier alpha value is -2.08. The van der Waals surface area contributed by atoms with Crippen LogP contribution in [-0.2, 0) is 24.6 Å². The van der Waals surface area contributed by atoms with Crippen molar-refractivity contribution in [3.63, 3.8) is 0 Å². The van der Waals surface area contributed by atoms with Gasteiger partial charge in [-0.05, 0) is 32.2 Å². The molecule has 3 aliphatic rings. The number of hydrogen-bond acceptors (Lipinski definition) is 7. The van der Waals surface area contributed by atoms with Crippen LogP contribution in [0, 0.1) is 17.8 Å². The van der Waals surface area contributed by atoms with Gasteiger partial charge in [0.25, 0.3) is 22.1 Å². The SMILES string of the molecule is CC(C)C(=O)NC1CNCC(F)(F)C1.CCCCC(C)C(=O)NC1CCNCC1(F)F.CNS(=O)(=O)N1CCC(NC(=O)C(C)C)CC1. The van der Waals surface area contributed by atoms with Crippen LogP contribution in [0.5, 0.6) is 0 Å². The third-order valence-electron chi connectivity index (χ3n) is 8.35. The van der Waals surface area contributed by atoms with Gasteiger partial charge in [0.05, 0.1) is 19.1 Å². The molecule has 6 N–H and O–H groups in total. The van der Waals surface area contributed by atoms with Crippen molar-refractivity contribution < 1.29 is 40.4 Å². The molecule has 0 aliphatic carbocycles. The van der Waals surface area contributed by atoms with E-state index in [9.17, 15) is 40.4 Å². The minimum atomic E-state index is -3.32. The molecule has 3 fully saturated rings. The van der Waals surface area contributed by atoms with Gasteiger partial charge < -0.3 is 26.6 Å². The molecule has 3 atom stereocenters. The zero-order valence-corrected chi connectivity index (χ0v) is 30.4. The van der Waals surface area contributed by atoms with Crippen molar-refractivity contribution in [3.8, 4) is 0 Å². The lowest BCUT2D eigenvalue weighted by molar-refractivity contribution is -0.130. The summed E-state index contributed by atoms with van der Waals surface area (Å²) in [7, 11) is -1.91. The van der Waals surface area contributed by atoms with E-state index in [0.717, 1.165) is 19.3 Å². The number of nitrogens with zero attached hydrogens (tertiary/aromatic N) is 1. The normalized spacial score (nSPS) is 23.5. The van der Waals surface area contributed by atoms with Crippen molar-refractivity contribution in [2.75, 3.05) is 46.3 Å². The van der Waals surface area contributed by atoms with Crippen LogP contribution in [0.4, 0.5) is 17.6 Å². The number of halogens is 4.